The van der Waals surface area contributed by atoms with Gasteiger partial charge in [-0.25, -0.2) is 0 Å². The number of fused-ring (bicyclic) bond motifs is 10. The van der Waals surface area contributed by atoms with Crippen LogP contribution in [0.15, 0.2) is 150 Å². The maximum atomic E-state index is 14.6. The molecule has 1 fully saturated rings. The number of ether oxygens (including phenoxy) is 4. The summed E-state index contributed by atoms with van der Waals surface area (Å²) in [6.07, 6.45) is 15.0. The van der Waals surface area contributed by atoms with Crippen molar-refractivity contribution in [3.8, 4) is 45.3 Å². The molecule has 9 heteroatoms. The van der Waals surface area contributed by atoms with Gasteiger partial charge in [0.2, 0.25) is 0 Å². The summed E-state index contributed by atoms with van der Waals surface area (Å²) in [5, 5.41) is 3.14. The van der Waals surface area contributed by atoms with E-state index in [1.807, 2.05) is 98.8 Å². The molecule has 1 aliphatic heterocycles. The summed E-state index contributed by atoms with van der Waals surface area (Å²) in [6, 6.07) is 45.4. The lowest BCUT2D eigenvalue weighted by Gasteiger charge is -2.38. The van der Waals surface area contributed by atoms with Crippen LogP contribution in [0.3, 0.4) is 0 Å². The Hall–Kier alpha value is -6.84. The van der Waals surface area contributed by atoms with E-state index in [1.165, 1.54) is 80.2 Å². The van der Waals surface area contributed by atoms with Gasteiger partial charge in [-0.3, -0.25) is 4.79 Å². The van der Waals surface area contributed by atoms with Crippen molar-refractivity contribution in [3.05, 3.63) is 195 Å². The molecule has 0 amide bonds. The van der Waals surface area contributed by atoms with E-state index in [9.17, 15) is 18.0 Å². The highest BCUT2D eigenvalue weighted by atomic mass is 79.9. The van der Waals surface area contributed by atoms with Crippen molar-refractivity contribution >= 4 is 49.3 Å². The lowest BCUT2D eigenvalue weighted by atomic mass is 9.76. The fourth-order valence-electron chi connectivity index (χ4n) is 13.3. The Morgan fingerprint density at radius 2 is 1.30 bits per heavy atom. The molecule has 82 heavy (non-hydrogen) atoms. The number of ketones is 1. The van der Waals surface area contributed by atoms with Crippen LogP contribution in [0.4, 0.5) is 13.2 Å². The van der Waals surface area contributed by atoms with Gasteiger partial charge in [0.25, 0.3) is 0 Å². The monoisotopic (exact) mass is 1170 g/mol. The summed E-state index contributed by atoms with van der Waals surface area (Å²) in [4.78, 5) is 14.6. The molecule has 0 radical (unpaired) electrons. The van der Waals surface area contributed by atoms with Gasteiger partial charge in [-0.05, 0) is 174 Å². The number of hydrogen-bond acceptors (Lipinski definition) is 5. The van der Waals surface area contributed by atoms with Crippen molar-refractivity contribution in [2.24, 2.45) is 5.92 Å². The number of alkyl halides is 3. The number of benzene rings is 8. The van der Waals surface area contributed by atoms with Gasteiger partial charge < -0.3 is 18.9 Å². The fraction of sp³-hybridized carbons (Fsp3) is 0.356. The molecule has 1 saturated carbocycles. The van der Waals surface area contributed by atoms with Crippen LogP contribution in [-0.2, 0) is 17.2 Å². The predicted molar refractivity (Wildman–Crippen MR) is 331 cm³/mol. The van der Waals surface area contributed by atoms with Crippen LogP contribution in [0.25, 0.3) is 49.9 Å². The molecule has 0 aromatic heterocycles. The van der Waals surface area contributed by atoms with E-state index in [4.69, 9.17) is 18.9 Å². The molecule has 8 aromatic rings. The first-order chi connectivity index (χ1) is 39.7. The van der Waals surface area contributed by atoms with Gasteiger partial charge in [0.05, 0.1) is 25.9 Å². The Labute approximate surface area is 490 Å². The van der Waals surface area contributed by atoms with E-state index >= 15 is 0 Å². The number of Topliss-reactive ketones (excluding diaryl/α,β-unsaturated/α-hetero) is 1. The van der Waals surface area contributed by atoms with Gasteiger partial charge in [-0.2, -0.15) is 13.2 Å². The van der Waals surface area contributed by atoms with Crippen molar-refractivity contribution in [2.75, 3.05) is 20.3 Å². The van der Waals surface area contributed by atoms with Crippen LogP contribution >= 0.6 is 15.9 Å². The highest BCUT2D eigenvalue weighted by Crippen LogP contribution is 2.60. The Bertz CT molecular complexity index is 3610. The minimum Gasteiger partial charge on any atom is -0.497 e. The number of unbranched alkanes of at least 4 members (excludes halogenated alkanes) is 5. The van der Waals surface area contributed by atoms with Crippen molar-refractivity contribution in [3.63, 3.8) is 0 Å². The molecule has 3 aliphatic rings. The Balaban J connectivity index is 0.852. The van der Waals surface area contributed by atoms with E-state index < -0.39 is 22.8 Å². The second kappa shape index (κ2) is 24.2. The summed E-state index contributed by atoms with van der Waals surface area (Å²) in [5.74, 6) is 4.47. The third-order valence-electron chi connectivity index (χ3n) is 17.9. The van der Waals surface area contributed by atoms with Crippen LogP contribution in [0, 0.1) is 5.92 Å². The predicted octanol–water partition coefficient (Wildman–Crippen LogP) is 21.0. The first-order valence-electron chi connectivity index (χ1n) is 29.8. The second-order valence-corrected chi connectivity index (χ2v) is 24.3. The van der Waals surface area contributed by atoms with Gasteiger partial charge in [0.15, 0.2) is 11.4 Å². The standard InChI is InChI=1S/C73H74BrF3O5/c1-6-8-11-15-47-19-21-48(22-20-47)49-23-25-50(26-24-49)51-27-34-56(35-28-51)81-44-13-10-12-18-65(78)59-16-14-17-60-66(59)64(74)46-62-67-58-40-33-54(73(75,76)77)45-63(58)71(3,4)69(67)61-41-42-72(82-70(61)68(60)62,52-29-36-55(79-5)37-30-52)53-31-38-57(39-32-53)80-43-9-7-2/h14,16-17,23-42,45-48H,6-13,15,18-22,43-44H2,1-5H3. The number of rotatable bonds is 21. The molecule has 8 aromatic carbocycles. The number of carbonyl (C=O) groups is 1. The zero-order valence-corrected chi connectivity index (χ0v) is 49.5. The summed E-state index contributed by atoms with van der Waals surface area (Å²) in [6.45, 7) is 9.57. The van der Waals surface area contributed by atoms with E-state index in [-0.39, 0.29) is 5.78 Å². The first-order valence-corrected chi connectivity index (χ1v) is 30.6. The third-order valence-corrected chi connectivity index (χ3v) is 18.5. The molecule has 11 rings (SSSR count). The van der Waals surface area contributed by atoms with Crippen LogP contribution in [0.5, 0.6) is 23.0 Å². The molecule has 1 heterocycles. The number of hydrogen-bond donors (Lipinski definition) is 0. The zero-order valence-electron chi connectivity index (χ0n) is 48.0. The average Bonchev–Trinajstić information content (AvgIpc) is 2.33. The second-order valence-electron chi connectivity index (χ2n) is 23.5. The highest BCUT2D eigenvalue weighted by Gasteiger charge is 2.46. The molecule has 5 nitrogen and oxygen atoms in total. The molecule has 0 spiro atoms. The van der Waals surface area contributed by atoms with Crippen LogP contribution in [-0.4, -0.2) is 26.1 Å². The van der Waals surface area contributed by atoms with E-state index in [1.54, 1.807) is 13.2 Å². The Kier molecular flexibility index (Phi) is 16.8. The fourth-order valence-corrected chi connectivity index (χ4v) is 14.0. The smallest absolute Gasteiger partial charge is 0.416 e. The first kappa shape index (κ1) is 57.0. The molecule has 0 N–H and O–H groups in total. The van der Waals surface area contributed by atoms with Gasteiger partial charge in [-0.15, -0.1) is 0 Å². The quantitative estimate of drug-likeness (QED) is 0.0408. The lowest BCUT2D eigenvalue weighted by Crippen LogP contribution is -2.35. The summed E-state index contributed by atoms with van der Waals surface area (Å²) < 4.78 is 69.8. The average molecular weight is 1170 g/mol. The van der Waals surface area contributed by atoms with Crippen LogP contribution in [0.2, 0.25) is 0 Å². The van der Waals surface area contributed by atoms with Gasteiger partial charge in [0.1, 0.15) is 23.0 Å². The minimum absolute atomic E-state index is 0.0243. The summed E-state index contributed by atoms with van der Waals surface area (Å²) in [7, 11) is 1.64. The van der Waals surface area contributed by atoms with Crippen molar-refractivity contribution in [1.82, 2.24) is 0 Å². The third kappa shape index (κ3) is 11.2. The topological polar surface area (TPSA) is 54.0 Å². The zero-order chi connectivity index (χ0) is 57.2. The van der Waals surface area contributed by atoms with Crippen molar-refractivity contribution < 1.29 is 36.9 Å². The van der Waals surface area contributed by atoms with E-state index in [0.717, 1.165) is 98.0 Å². The van der Waals surface area contributed by atoms with Gasteiger partial charge in [-0.1, -0.05) is 167 Å². The van der Waals surface area contributed by atoms with E-state index in [2.05, 4.69) is 78.3 Å². The largest absolute Gasteiger partial charge is 0.497 e. The minimum atomic E-state index is -4.53. The van der Waals surface area contributed by atoms with E-state index in [0.29, 0.717) is 59.1 Å². The summed E-state index contributed by atoms with van der Waals surface area (Å²) in [5.41, 5.74) is 7.27. The number of halogens is 4. The Morgan fingerprint density at radius 3 is 1.95 bits per heavy atom. The molecule has 424 valence electrons. The van der Waals surface area contributed by atoms with Crippen LogP contribution in [0.1, 0.15) is 173 Å². The molecular weight excluding hydrogens is 1090 g/mol. The maximum absolute atomic E-state index is 14.6. The molecule has 1 atom stereocenters. The normalized spacial score (nSPS) is 18.0. The Morgan fingerprint density at radius 1 is 0.671 bits per heavy atom. The summed E-state index contributed by atoms with van der Waals surface area (Å²) >= 11 is 3.96. The molecule has 1 unspecified atom stereocenters. The molecular formula is C73H74BrF3O5. The number of methoxy groups -OCH3 is 1. The lowest BCUT2D eigenvalue weighted by molar-refractivity contribution is -0.137. The molecule has 0 bridgehead atoms. The molecule has 2 aliphatic carbocycles. The molecule has 0 saturated heterocycles. The SMILES string of the molecule is CCCCCC1CCC(c2ccc(-c3ccc(OCCCCCC(=O)c4cccc5c4c(Br)cc4c6c(c7c(c45)OC(c4ccc(OC)cc4)(c4ccc(OCCCC)cc4)C=C7)C(C)(C)c4cc(C(F)(F)F)ccc4-6)cc3)cc2)CC1. The van der Waals surface area contributed by atoms with Crippen molar-refractivity contribution in [1.29, 1.82) is 0 Å². The number of carbonyl (C=O) groups excluding carboxylic acids is 1. The highest BCUT2D eigenvalue weighted by molar-refractivity contribution is 9.10. The maximum Gasteiger partial charge on any atom is 0.416 e. The van der Waals surface area contributed by atoms with Crippen molar-refractivity contribution in [2.45, 2.75) is 141 Å². The van der Waals surface area contributed by atoms with Gasteiger partial charge in [0, 0.05) is 49.3 Å². The van der Waals surface area contributed by atoms with Gasteiger partial charge >= 0.3 is 6.18 Å². The van der Waals surface area contributed by atoms with Crippen LogP contribution < -0.4 is 18.9 Å².